The topological polar surface area (TPSA) is 71.8 Å². The summed E-state index contributed by atoms with van der Waals surface area (Å²) in [6, 6.07) is 6.81. The van der Waals surface area contributed by atoms with E-state index in [1.165, 1.54) is 10.9 Å². The zero-order valence-electron chi connectivity index (χ0n) is 21.4. The number of carbonyl (C=O) groups excluding carboxylic acids is 1. The van der Waals surface area contributed by atoms with Gasteiger partial charge in [0.2, 0.25) is 0 Å². The second-order valence-electron chi connectivity index (χ2n) is 9.14. The van der Waals surface area contributed by atoms with Gasteiger partial charge in [-0.05, 0) is 0 Å². The van der Waals surface area contributed by atoms with Crippen molar-refractivity contribution in [3.8, 4) is 0 Å². The Labute approximate surface area is 236 Å². The second-order valence-corrected chi connectivity index (χ2v) is 11.8. The molecule has 1 aliphatic rings. The number of fused-ring (bicyclic) bond motifs is 1. The van der Waals surface area contributed by atoms with E-state index in [9.17, 15) is 31.1 Å². The van der Waals surface area contributed by atoms with Gasteiger partial charge in [-0.3, -0.25) is 0 Å². The average molecular weight is 680 g/mol. The first-order chi connectivity index (χ1) is 18.8. The van der Waals surface area contributed by atoms with Crippen LogP contribution in [0.5, 0.6) is 0 Å². The summed E-state index contributed by atoms with van der Waals surface area (Å²) >= 11 is -0.965. The van der Waals surface area contributed by atoms with Crippen molar-refractivity contribution >= 4 is 26.7 Å². The Hall–Kier alpha value is -2.98. The first-order valence-electron chi connectivity index (χ1n) is 12.0. The predicted octanol–water partition coefficient (Wildman–Crippen LogP) is 2.25. The number of nitrogens with one attached hydrogen (secondary N) is 1. The number of halogens is 7. The normalized spacial score (nSPS) is 16.8. The second kappa shape index (κ2) is 12.3. The standard InChI is InChI=1S/C26H25F6IN5O2/c1-37(2)8-10-40-9-7-34-23-21(33-24(39)35-23)12-16-3-6-22-18(11-16)15-38(36-22)14-17-4-5-19(25(27,28)29)13-20(17)26(30,31)32/h3-6,11-13,15H,7-10,14H2,1-2H3,(H,34,35,39)/q-1/b21-12-. The summed E-state index contributed by atoms with van der Waals surface area (Å²) in [5.41, 5.74) is -1.80. The molecule has 1 fully saturated rings. The molecule has 1 N–H and O–H groups in total. The molecular formula is C26H25F6IN5O2-. The van der Waals surface area contributed by atoms with Crippen LogP contribution in [-0.4, -0.2) is 64.8 Å². The number of likely N-dealkylation sites (N-methyl/N-ethyl adjacent to an activating group) is 1. The van der Waals surface area contributed by atoms with Crippen molar-refractivity contribution in [2.24, 2.45) is 4.99 Å². The third kappa shape index (κ3) is 7.81. The van der Waals surface area contributed by atoms with E-state index in [1.807, 2.05) is 25.1 Å². The van der Waals surface area contributed by atoms with Gasteiger partial charge in [0.15, 0.2) is 0 Å². The van der Waals surface area contributed by atoms with Gasteiger partial charge >= 0.3 is 223 Å². The monoisotopic (exact) mass is 680 g/mol. The number of amidine groups is 1. The molecule has 14 heteroatoms. The summed E-state index contributed by atoms with van der Waals surface area (Å²) in [7, 11) is 3.90. The van der Waals surface area contributed by atoms with E-state index in [-0.39, 0.29) is 22.1 Å². The van der Waals surface area contributed by atoms with Crippen LogP contribution in [0.15, 0.2) is 51.2 Å². The number of nitrogens with zero attached hydrogens (tertiary/aromatic N) is 4. The van der Waals surface area contributed by atoms with Gasteiger partial charge < -0.3 is 0 Å². The summed E-state index contributed by atoms with van der Waals surface area (Å²) < 4.78 is 87.1. The molecule has 2 heterocycles. The summed E-state index contributed by atoms with van der Waals surface area (Å²) in [5, 5.41) is 7.69. The molecule has 1 saturated heterocycles. The Morgan fingerprint density at radius 3 is 2.55 bits per heavy atom. The molecule has 0 unspecified atom stereocenters. The van der Waals surface area contributed by atoms with Crippen molar-refractivity contribution in [2.75, 3.05) is 40.4 Å². The first-order valence-corrected chi connectivity index (χ1v) is 14.1. The average Bonchev–Trinajstić information content (AvgIpc) is 3.41. The quantitative estimate of drug-likeness (QED) is 0.124. The van der Waals surface area contributed by atoms with Crippen LogP contribution in [-0.2, 0) is 23.6 Å². The number of carbonyl (C=O) groups is 1. The van der Waals surface area contributed by atoms with Crippen LogP contribution in [0, 0.1) is 0 Å². The van der Waals surface area contributed by atoms with Crippen LogP contribution in [0.4, 0.5) is 31.1 Å². The molecule has 0 spiro atoms. The molecular weight excluding hydrogens is 655 g/mol. The number of aromatic nitrogens is 2. The zero-order chi connectivity index (χ0) is 29.1. The first kappa shape index (κ1) is 30.0. The third-order valence-electron chi connectivity index (χ3n) is 5.76. The van der Waals surface area contributed by atoms with E-state index in [0.29, 0.717) is 42.6 Å². The predicted molar refractivity (Wildman–Crippen MR) is 133 cm³/mol. The van der Waals surface area contributed by atoms with Crippen molar-refractivity contribution in [1.29, 1.82) is 0 Å². The Morgan fingerprint density at radius 1 is 1.07 bits per heavy atom. The van der Waals surface area contributed by atoms with Gasteiger partial charge in [-0.1, -0.05) is 0 Å². The Bertz CT molecular complexity index is 1450. The molecule has 2 aromatic carbocycles. The van der Waals surface area contributed by atoms with E-state index >= 15 is 0 Å². The minimum absolute atomic E-state index is 0.0803. The number of aliphatic imine (C=N–C) groups is 1. The molecule has 0 saturated carbocycles. The van der Waals surface area contributed by atoms with Crippen molar-refractivity contribution in [2.45, 2.75) is 18.9 Å². The number of amides is 1. The molecule has 216 valence electrons. The van der Waals surface area contributed by atoms with Gasteiger partial charge in [-0.25, -0.2) is 0 Å². The Morgan fingerprint density at radius 2 is 1.85 bits per heavy atom. The van der Waals surface area contributed by atoms with E-state index in [1.54, 1.807) is 18.2 Å². The van der Waals surface area contributed by atoms with Crippen LogP contribution < -0.4 is 26.5 Å². The maximum absolute atomic E-state index is 13.5. The summed E-state index contributed by atoms with van der Waals surface area (Å²) in [6.07, 6.45) is -6.49. The van der Waals surface area contributed by atoms with Crippen LogP contribution in [0.2, 0.25) is 0 Å². The number of rotatable bonds is 9. The number of ether oxygens (including phenoxy) is 1. The van der Waals surface area contributed by atoms with E-state index in [2.05, 4.69) is 15.4 Å². The molecule has 7 nitrogen and oxygen atoms in total. The minimum atomic E-state index is -4.96. The molecule has 1 aromatic heterocycles. The number of benzene rings is 2. The van der Waals surface area contributed by atoms with Crippen LogP contribution in [0.1, 0.15) is 22.3 Å². The van der Waals surface area contributed by atoms with Gasteiger partial charge in [-0.2, -0.15) is 13.2 Å². The molecule has 0 radical (unpaired) electrons. The van der Waals surface area contributed by atoms with Gasteiger partial charge in [0.25, 0.3) is 0 Å². The fourth-order valence-corrected chi connectivity index (χ4v) is 5.83. The fraction of sp³-hybridized carbons (Fsp3) is 0.346. The number of alkyl halides is 6. The Kier molecular flexibility index (Phi) is 9.19. The molecule has 0 aliphatic carbocycles. The molecule has 1 amide bonds. The van der Waals surface area contributed by atoms with Gasteiger partial charge in [0.05, 0.1) is 0 Å². The van der Waals surface area contributed by atoms with Gasteiger partial charge in [-0.15, -0.1) is 0 Å². The van der Waals surface area contributed by atoms with Crippen molar-refractivity contribution in [3.05, 3.63) is 68.4 Å². The van der Waals surface area contributed by atoms with Gasteiger partial charge in [0.1, 0.15) is 0 Å². The number of hydrogen-bond acceptors (Lipinski definition) is 5. The van der Waals surface area contributed by atoms with E-state index in [4.69, 9.17) is 4.74 Å². The Balaban J connectivity index is 1.52. The number of hydrogen-bond donors (Lipinski definition) is 1. The fourth-order valence-electron chi connectivity index (χ4n) is 3.84. The summed E-state index contributed by atoms with van der Waals surface area (Å²) in [5.74, 6) is 0.506. The van der Waals surface area contributed by atoms with Crippen LogP contribution in [0.3, 0.4) is 0 Å². The van der Waals surface area contributed by atoms with Gasteiger partial charge in [0, 0.05) is 0 Å². The SMILES string of the molecule is CN(C)CCOCCN=C1NC(=O)[I-]/C1=C\c1ccc2nn(Cc3ccc(C(F)(F)F)cc3C(F)(F)F)cc2c1. The molecule has 40 heavy (non-hydrogen) atoms. The third-order valence-corrected chi connectivity index (χ3v) is 7.93. The van der Waals surface area contributed by atoms with E-state index in [0.717, 1.165) is 21.8 Å². The zero-order valence-corrected chi connectivity index (χ0v) is 23.6. The molecule has 0 atom stereocenters. The summed E-state index contributed by atoms with van der Waals surface area (Å²) in [6.45, 7) is 1.80. The molecule has 3 aromatic rings. The molecule has 1 aliphatic heterocycles. The summed E-state index contributed by atoms with van der Waals surface area (Å²) in [4.78, 5) is 18.5. The van der Waals surface area contributed by atoms with Crippen molar-refractivity contribution in [3.63, 3.8) is 0 Å². The maximum atomic E-state index is 13.5. The van der Waals surface area contributed by atoms with Crippen molar-refractivity contribution in [1.82, 2.24) is 20.0 Å². The van der Waals surface area contributed by atoms with Crippen molar-refractivity contribution < 1.29 is 57.1 Å². The molecule has 0 bridgehead atoms. The molecule has 4 rings (SSSR count). The van der Waals surface area contributed by atoms with Crippen LogP contribution in [0.25, 0.3) is 17.0 Å². The van der Waals surface area contributed by atoms with E-state index < -0.39 is 44.7 Å². The van der Waals surface area contributed by atoms with Crippen LogP contribution >= 0.6 is 0 Å².